The first-order valence-corrected chi connectivity index (χ1v) is 8.83. The quantitative estimate of drug-likeness (QED) is 0.744. The van der Waals surface area contributed by atoms with Crippen LogP contribution in [0.5, 0.6) is 0 Å². The molecule has 0 aromatic heterocycles. The van der Waals surface area contributed by atoms with Gasteiger partial charge in [0.05, 0.1) is 6.10 Å². The van der Waals surface area contributed by atoms with Crippen LogP contribution < -0.4 is 10.6 Å². The fraction of sp³-hybridized carbons (Fsp3) is 0.300. The van der Waals surface area contributed by atoms with E-state index in [2.05, 4.69) is 10.6 Å². The van der Waals surface area contributed by atoms with Crippen molar-refractivity contribution in [3.63, 3.8) is 0 Å². The normalized spacial score (nSPS) is 12.9. The maximum absolute atomic E-state index is 12.7. The minimum absolute atomic E-state index is 0.185. The summed E-state index contributed by atoms with van der Waals surface area (Å²) in [7, 11) is 1.58. The van der Waals surface area contributed by atoms with Crippen molar-refractivity contribution in [3.05, 3.63) is 70.7 Å². The number of hydrogen-bond acceptors (Lipinski definition) is 3. The molecule has 2 unspecified atom stereocenters. The predicted molar refractivity (Wildman–Crippen MR) is 102 cm³/mol. The molecule has 2 aromatic carbocycles. The number of rotatable bonds is 8. The summed E-state index contributed by atoms with van der Waals surface area (Å²) in [5.41, 5.74) is 1.64. The summed E-state index contributed by atoms with van der Waals surface area (Å²) in [5, 5.41) is 6.26. The van der Waals surface area contributed by atoms with E-state index in [0.29, 0.717) is 11.4 Å². The summed E-state index contributed by atoms with van der Waals surface area (Å²) in [6, 6.07) is 15.7. The van der Waals surface area contributed by atoms with Crippen LogP contribution in [0, 0.1) is 0 Å². The Morgan fingerprint density at radius 2 is 1.69 bits per heavy atom. The lowest BCUT2D eigenvalue weighted by Gasteiger charge is -2.21. The number of carbonyl (C=O) groups is 2. The van der Waals surface area contributed by atoms with Gasteiger partial charge in [-0.3, -0.25) is 9.59 Å². The molecule has 138 valence electrons. The Kier molecular flexibility index (Phi) is 7.63. The Morgan fingerprint density at radius 1 is 1.04 bits per heavy atom. The standard InChI is InChI=1S/C20H23ClN2O3/c1-3-18(24)23-19(15-7-5-4-6-8-15)20(25)22-13-17(26-2)14-9-11-16(21)12-10-14/h4-12,17,19H,3,13H2,1-2H3,(H,22,25)(H,23,24). The van der Waals surface area contributed by atoms with Crippen molar-refractivity contribution >= 4 is 23.4 Å². The van der Waals surface area contributed by atoms with E-state index in [1.54, 1.807) is 26.2 Å². The zero-order valence-electron chi connectivity index (χ0n) is 14.9. The average molecular weight is 375 g/mol. The summed E-state index contributed by atoms with van der Waals surface area (Å²) in [4.78, 5) is 24.5. The smallest absolute Gasteiger partial charge is 0.247 e. The highest BCUT2D eigenvalue weighted by atomic mass is 35.5. The second-order valence-corrected chi connectivity index (χ2v) is 6.22. The van der Waals surface area contributed by atoms with Crippen molar-refractivity contribution in [1.29, 1.82) is 0 Å². The molecule has 2 atom stereocenters. The number of benzene rings is 2. The zero-order chi connectivity index (χ0) is 18.9. The number of hydrogen-bond donors (Lipinski definition) is 2. The third kappa shape index (κ3) is 5.58. The molecule has 0 aliphatic carbocycles. The van der Waals surface area contributed by atoms with Gasteiger partial charge in [-0.15, -0.1) is 0 Å². The highest BCUT2D eigenvalue weighted by Gasteiger charge is 2.23. The SMILES string of the molecule is CCC(=O)NC(C(=O)NCC(OC)c1ccc(Cl)cc1)c1ccccc1. The van der Waals surface area contributed by atoms with Crippen LogP contribution in [0.3, 0.4) is 0 Å². The Bertz CT molecular complexity index is 720. The van der Waals surface area contributed by atoms with E-state index in [4.69, 9.17) is 16.3 Å². The van der Waals surface area contributed by atoms with Gasteiger partial charge in [0.15, 0.2) is 0 Å². The minimum atomic E-state index is -0.744. The zero-order valence-corrected chi connectivity index (χ0v) is 15.6. The van der Waals surface area contributed by atoms with Gasteiger partial charge in [-0.25, -0.2) is 0 Å². The first-order chi connectivity index (χ1) is 12.5. The van der Waals surface area contributed by atoms with Gasteiger partial charge in [0.25, 0.3) is 0 Å². The van der Waals surface area contributed by atoms with Crippen LogP contribution in [0.1, 0.15) is 36.6 Å². The van der Waals surface area contributed by atoms with E-state index in [1.165, 1.54) is 0 Å². The van der Waals surface area contributed by atoms with Crippen molar-refractivity contribution < 1.29 is 14.3 Å². The van der Waals surface area contributed by atoms with Crippen LogP contribution in [-0.2, 0) is 14.3 Å². The van der Waals surface area contributed by atoms with E-state index in [0.717, 1.165) is 11.1 Å². The Morgan fingerprint density at radius 3 is 2.27 bits per heavy atom. The highest BCUT2D eigenvalue weighted by molar-refractivity contribution is 6.30. The van der Waals surface area contributed by atoms with Crippen molar-refractivity contribution in [2.75, 3.05) is 13.7 Å². The lowest BCUT2D eigenvalue weighted by Crippen LogP contribution is -2.41. The summed E-state index contributed by atoms with van der Waals surface area (Å²) >= 11 is 5.91. The molecule has 2 N–H and O–H groups in total. The van der Waals surface area contributed by atoms with Crippen LogP contribution in [0.4, 0.5) is 0 Å². The third-order valence-electron chi connectivity index (χ3n) is 4.01. The first-order valence-electron chi connectivity index (χ1n) is 8.45. The summed E-state index contributed by atoms with van der Waals surface area (Å²) in [6.07, 6.45) is -0.00301. The molecule has 2 aromatic rings. The molecule has 0 saturated carbocycles. The third-order valence-corrected chi connectivity index (χ3v) is 4.26. The van der Waals surface area contributed by atoms with Crippen LogP contribution in [0.2, 0.25) is 5.02 Å². The van der Waals surface area contributed by atoms with Gasteiger partial charge in [0, 0.05) is 25.1 Å². The van der Waals surface area contributed by atoms with Gasteiger partial charge >= 0.3 is 0 Å². The Hall–Kier alpha value is -2.37. The first kappa shape index (κ1) is 19.9. The molecular formula is C20H23ClN2O3. The highest BCUT2D eigenvalue weighted by Crippen LogP contribution is 2.19. The van der Waals surface area contributed by atoms with Crippen molar-refractivity contribution in [1.82, 2.24) is 10.6 Å². The number of ether oxygens (including phenoxy) is 1. The molecule has 0 fully saturated rings. The van der Waals surface area contributed by atoms with Gasteiger partial charge in [-0.2, -0.15) is 0 Å². The van der Waals surface area contributed by atoms with Crippen LogP contribution in [0.15, 0.2) is 54.6 Å². The number of amides is 2. The number of carbonyl (C=O) groups excluding carboxylic acids is 2. The van der Waals surface area contributed by atoms with E-state index in [9.17, 15) is 9.59 Å². The van der Waals surface area contributed by atoms with Crippen LogP contribution in [-0.4, -0.2) is 25.5 Å². The molecule has 2 amide bonds. The fourth-order valence-electron chi connectivity index (χ4n) is 2.52. The van der Waals surface area contributed by atoms with E-state index in [1.807, 2.05) is 42.5 Å². The molecule has 0 spiro atoms. The monoisotopic (exact) mass is 374 g/mol. The molecule has 0 saturated heterocycles. The van der Waals surface area contributed by atoms with Gasteiger partial charge in [-0.1, -0.05) is 61.0 Å². The van der Waals surface area contributed by atoms with Crippen LogP contribution >= 0.6 is 11.6 Å². The molecule has 6 heteroatoms. The lowest BCUT2D eigenvalue weighted by molar-refractivity contribution is -0.129. The molecule has 0 bridgehead atoms. The maximum atomic E-state index is 12.7. The van der Waals surface area contributed by atoms with E-state index < -0.39 is 6.04 Å². The van der Waals surface area contributed by atoms with Crippen LogP contribution in [0.25, 0.3) is 0 Å². The summed E-state index contributed by atoms with van der Waals surface area (Å²) in [6.45, 7) is 2.03. The maximum Gasteiger partial charge on any atom is 0.247 e. The predicted octanol–water partition coefficient (Wildman–Crippen LogP) is 3.41. The molecule has 0 heterocycles. The molecule has 5 nitrogen and oxygen atoms in total. The molecule has 0 radical (unpaired) electrons. The fourth-order valence-corrected chi connectivity index (χ4v) is 2.64. The van der Waals surface area contributed by atoms with Crippen molar-refractivity contribution in [2.24, 2.45) is 0 Å². The molecule has 2 rings (SSSR count). The Balaban J connectivity index is 2.08. The Labute approximate surface area is 158 Å². The van der Waals surface area contributed by atoms with Gasteiger partial charge < -0.3 is 15.4 Å². The number of nitrogens with one attached hydrogen (secondary N) is 2. The van der Waals surface area contributed by atoms with Gasteiger partial charge in [-0.05, 0) is 23.3 Å². The largest absolute Gasteiger partial charge is 0.375 e. The number of methoxy groups -OCH3 is 1. The summed E-state index contributed by atoms with van der Waals surface area (Å²) < 4.78 is 5.47. The summed E-state index contributed by atoms with van der Waals surface area (Å²) in [5.74, 6) is -0.469. The average Bonchev–Trinajstić information content (AvgIpc) is 2.68. The number of halogens is 1. The molecule has 0 aliphatic rings. The molecular weight excluding hydrogens is 352 g/mol. The van der Waals surface area contributed by atoms with Gasteiger partial charge in [0.1, 0.15) is 6.04 Å². The van der Waals surface area contributed by atoms with E-state index >= 15 is 0 Å². The van der Waals surface area contributed by atoms with E-state index in [-0.39, 0.29) is 24.5 Å². The topological polar surface area (TPSA) is 67.4 Å². The second-order valence-electron chi connectivity index (χ2n) is 5.79. The van der Waals surface area contributed by atoms with Crippen molar-refractivity contribution in [2.45, 2.75) is 25.5 Å². The molecule has 0 aliphatic heterocycles. The van der Waals surface area contributed by atoms with Gasteiger partial charge in [0.2, 0.25) is 11.8 Å². The minimum Gasteiger partial charge on any atom is -0.375 e. The molecule has 26 heavy (non-hydrogen) atoms. The second kappa shape index (κ2) is 9.94. The van der Waals surface area contributed by atoms with Crippen molar-refractivity contribution in [3.8, 4) is 0 Å². The lowest BCUT2D eigenvalue weighted by atomic mass is 10.1.